The summed E-state index contributed by atoms with van der Waals surface area (Å²) in [5.74, 6) is 2.54. The first-order valence-electron chi connectivity index (χ1n) is 6.28. The number of thioether (sulfide) groups is 1. The second-order valence-corrected chi connectivity index (χ2v) is 5.77. The quantitative estimate of drug-likeness (QED) is 0.761. The largest absolute Gasteiger partial charge is 0.313 e. The van der Waals surface area contributed by atoms with E-state index >= 15 is 0 Å². The van der Waals surface area contributed by atoms with Gasteiger partial charge in [-0.3, -0.25) is 0 Å². The van der Waals surface area contributed by atoms with Crippen LogP contribution in [0.3, 0.4) is 0 Å². The second kappa shape index (κ2) is 6.31. The van der Waals surface area contributed by atoms with Gasteiger partial charge in [0.1, 0.15) is 0 Å². The molecule has 1 aliphatic rings. The lowest BCUT2D eigenvalue weighted by molar-refractivity contribution is 0.533. The molecule has 0 bridgehead atoms. The van der Waals surface area contributed by atoms with Crippen LogP contribution in [0.25, 0.3) is 0 Å². The molecule has 0 aliphatic heterocycles. The Morgan fingerprint density at radius 3 is 2.56 bits per heavy atom. The molecule has 1 nitrogen and oxygen atoms in total. The predicted molar refractivity (Wildman–Crippen MR) is 73.3 cm³/mol. The summed E-state index contributed by atoms with van der Waals surface area (Å²) < 4.78 is 0. The van der Waals surface area contributed by atoms with Gasteiger partial charge in [-0.25, -0.2) is 0 Å². The van der Waals surface area contributed by atoms with E-state index < -0.39 is 0 Å². The summed E-state index contributed by atoms with van der Waals surface area (Å²) in [5, 5.41) is 3.67. The number of nitrogens with one attached hydrogen (secondary N) is 1. The third-order valence-corrected chi connectivity index (χ3v) is 4.14. The van der Waals surface area contributed by atoms with Gasteiger partial charge >= 0.3 is 0 Å². The van der Waals surface area contributed by atoms with Crippen molar-refractivity contribution in [3.05, 3.63) is 35.4 Å². The van der Waals surface area contributed by atoms with E-state index in [1.807, 2.05) is 11.8 Å². The molecule has 0 atom stereocenters. The first-order valence-corrected chi connectivity index (χ1v) is 7.43. The van der Waals surface area contributed by atoms with Crippen molar-refractivity contribution < 1.29 is 0 Å². The molecule has 0 saturated carbocycles. The number of rotatable bonds is 6. The first-order chi connectivity index (χ1) is 7.90. The minimum absolute atomic E-state index is 0.684. The topological polar surface area (TPSA) is 12.0 Å². The molecule has 88 valence electrons. The summed E-state index contributed by atoms with van der Waals surface area (Å²) in [5.41, 5.74) is 3.09. The molecule has 0 saturated heterocycles. The highest BCUT2D eigenvalue weighted by Crippen LogP contribution is 2.21. The average molecular weight is 235 g/mol. The zero-order chi connectivity index (χ0) is 11.2. The van der Waals surface area contributed by atoms with E-state index in [4.69, 9.17) is 0 Å². The van der Waals surface area contributed by atoms with Crippen molar-refractivity contribution >= 4 is 11.8 Å². The fourth-order valence-electron chi connectivity index (χ4n) is 2.33. The molecule has 0 fully saturated rings. The van der Waals surface area contributed by atoms with Crippen LogP contribution in [-0.4, -0.2) is 24.1 Å². The van der Waals surface area contributed by atoms with Gasteiger partial charge in [0.15, 0.2) is 0 Å². The summed E-state index contributed by atoms with van der Waals surface area (Å²) in [4.78, 5) is 0. The highest BCUT2D eigenvalue weighted by atomic mass is 32.2. The number of benzene rings is 1. The van der Waals surface area contributed by atoms with Crippen LogP contribution in [0, 0.1) is 0 Å². The maximum absolute atomic E-state index is 3.67. The monoisotopic (exact) mass is 235 g/mol. The molecule has 16 heavy (non-hydrogen) atoms. The Hall–Kier alpha value is -0.470. The van der Waals surface area contributed by atoms with E-state index in [2.05, 4.69) is 36.5 Å². The predicted octanol–water partition coefficient (Wildman–Crippen LogP) is 2.89. The maximum atomic E-state index is 3.67. The smallest absolute Gasteiger partial charge is 0.0148 e. The summed E-state index contributed by atoms with van der Waals surface area (Å²) in [6.07, 6.45) is 3.74. The highest BCUT2D eigenvalue weighted by molar-refractivity contribution is 7.99. The van der Waals surface area contributed by atoms with Crippen LogP contribution in [0.2, 0.25) is 0 Å². The van der Waals surface area contributed by atoms with Crippen molar-refractivity contribution in [3.63, 3.8) is 0 Å². The normalized spacial score (nSPS) is 15.3. The van der Waals surface area contributed by atoms with Gasteiger partial charge in [0.2, 0.25) is 0 Å². The third-order valence-electron chi connectivity index (χ3n) is 3.15. The van der Waals surface area contributed by atoms with Crippen molar-refractivity contribution in [1.82, 2.24) is 5.32 Å². The summed E-state index contributed by atoms with van der Waals surface area (Å²) in [6.45, 7) is 3.40. The van der Waals surface area contributed by atoms with Crippen LogP contribution in [0.1, 0.15) is 24.5 Å². The van der Waals surface area contributed by atoms with Crippen molar-refractivity contribution in [2.75, 3.05) is 18.1 Å². The number of hydrogen-bond donors (Lipinski definition) is 1. The lowest BCUT2D eigenvalue weighted by Crippen LogP contribution is -2.30. The molecule has 1 aliphatic carbocycles. The fourth-order valence-corrected chi connectivity index (χ4v) is 2.97. The Morgan fingerprint density at radius 2 is 1.94 bits per heavy atom. The molecule has 0 spiro atoms. The molecule has 1 aromatic rings. The summed E-state index contributed by atoms with van der Waals surface area (Å²) >= 11 is 2.04. The van der Waals surface area contributed by atoms with Crippen molar-refractivity contribution in [2.45, 2.75) is 32.2 Å². The molecule has 0 radical (unpaired) electrons. The minimum atomic E-state index is 0.684. The van der Waals surface area contributed by atoms with Gasteiger partial charge in [-0.15, -0.1) is 0 Å². The fraction of sp³-hybridized carbons (Fsp3) is 0.571. The zero-order valence-corrected chi connectivity index (χ0v) is 10.9. The maximum Gasteiger partial charge on any atom is 0.0148 e. The number of hydrogen-bond acceptors (Lipinski definition) is 2. The lowest BCUT2D eigenvalue weighted by atomic mass is 10.1. The van der Waals surface area contributed by atoms with Crippen molar-refractivity contribution in [1.29, 1.82) is 0 Å². The molecule has 1 N–H and O–H groups in total. The second-order valence-electron chi connectivity index (χ2n) is 4.38. The molecular formula is C14H21NS. The third kappa shape index (κ3) is 3.26. The number of fused-ring (bicyclic) bond motifs is 1. The van der Waals surface area contributed by atoms with Gasteiger partial charge in [0, 0.05) is 6.04 Å². The van der Waals surface area contributed by atoms with E-state index in [1.165, 1.54) is 37.3 Å². The average Bonchev–Trinajstić information content (AvgIpc) is 2.71. The Kier molecular flexibility index (Phi) is 4.73. The van der Waals surface area contributed by atoms with E-state index in [-0.39, 0.29) is 0 Å². The van der Waals surface area contributed by atoms with E-state index in [0.717, 1.165) is 0 Å². The highest BCUT2D eigenvalue weighted by Gasteiger charge is 2.19. The van der Waals surface area contributed by atoms with Gasteiger partial charge in [-0.1, -0.05) is 31.2 Å². The summed E-state index contributed by atoms with van der Waals surface area (Å²) in [7, 11) is 0. The van der Waals surface area contributed by atoms with Crippen LogP contribution < -0.4 is 5.32 Å². The molecule has 0 amide bonds. The molecule has 2 rings (SSSR count). The van der Waals surface area contributed by atoms with Crippen LogP contribution in [0.5, 0.6) is 0 Å². The SMILES string of the molecule is CCSCCCNC1Cc2ccccc2C1. The lowest BCUT2D eigenvalue weighted by Gasteiger charge is -2.11. The van der Waals surface area contributed by atoms with Gasteiger partial charge < -0.3 is 5.32 Å². The molecule has 1 aromatic carbocycles. The molecule has 0 aromatic heterocycles. The molecule has 0 heterocycles. The van der Waals surface area contributed by atoms with Crippen LogP contribution in [-0.2, 0) is 12.8 Å². The Balaban J connectivity index is 1.67. The Bertz CT molecular complexity index is 299. The van der Waals surface area contributed by atoms with E-state index in [9.17, 15) is 0 Å². The minimum Gasteiger partial charge on any atom is -0.313 e. The summed E-state index contributed by atoms with van der Waals surface area (Å²) in [6, 6.07) is 9.52. The molecular weight excluding hydrogens is 214 g/mol. The van der Waals surface area contributed by atoms with Crippen LogP contribution >= 0.6 is 11.8 Å². The van der Waals surface area contributed by atoms with Gasteiger partial charge in [0.25, 0.3) is 0 Å². The van der Waals surface area contributed by atoms with Gasteiger partial charge in [-0.05, 0) is 48.4 Å². The first kappa shape index (κ1) is 12.0. The van der Waals surface area contributed by atoms with Crippen molar-refractivity contribution in [3.8, 4) is 0 Å². The van der Waals surface area contributed by atoms with Crippen LogP contribution in [0.15, 0.2) is 24.3 Å². The standard InChI is InChI=1S/C14H21NS/c1-2-16-9-5-8-15-14-10-12-6-3-4-7-13(12)11-14/h3-4,6-7,14-15H,2,5,8-11H2,1H3. The van der Waals surface area contributed by atoms with E-state index in [0.29, 0.717) is 6.04 Å². The molecule has 0 unspecified atom stereocenters. The molecule has 2 heteroatoms. The van der Waals surface area contributed by atoms with Crippen molar-refractivity contribution in [2.24, 2.45) is 0 Å². The Labute approximate surface area is 103 Å². The Morgan fingerprint density at radius 1 is 1.25 bits per heavy atom. The van der Waals surface area contributed by atoms with Crippen LogP contribution in [0.4, 0.5) is 0 Å². The van der Waals surface area contributed by atoms with Gasteiger partial charge in [0.05, 0.1) is 0 Å². The van der Waals surface area contributed by atoms with Gasteiger partial charge in [-0.2, -0.15) is 11.8 Å². The zero-order valence-electron chi connectivity index (χ0n) is 10.0. The van der Waals surface area contributed by atoms with E-state index in [1.54, 1.807) is 11.1 Å².